The highest BCUT2D eigenvalue weighted by molar-refractivity contribution is 5.90. The number of benzene rings is 2. The molecule has 2 nitrogen and oxygen atoms in total. The van der Waals surface area contributed by atoms with Gasteiger partial charge in [0.25, 0.3) is 0 Å². The molecule has 0 bridgehead atoms. The minimum absolute atomic E-state index is 0.263. The Labute approximate surface area is 113 Å². The van der Waals surface area contributed by atoms with Crippen molar-refractivity contribution in [3.8, 4) is 0 Å². The second-order valence-electron chi connectivity index (χ2n) is 4.32. The van der Waals surface area contributed by atoms with Gasteiger partial charge in [0.1, 0.15) is 0 Å². The van der Waals surface area contributed by atoms with Crippen LogP contribution in [0.2, 0.25) is 0 Å². The molecule has 0 unspecified atom stereocenters. The molecule has 0 fully saturated rings. The molecule has 0 atom stereocenters. The first kappa shape index (κ1) is 13.1. The Morgan fingerprint density at radius 1 is 1.05 bits per heavy atom. The molecule has 0 spiro atoms. The van der Waals surface area contributed by atoms with Crippen LogP contribution in [0.5, 0.6) is 0 Å². The molecule has 0 N–H and O–H groups in total. The Hall–Kier alpha value is -2.35. The second-order valence-corrected chi connectivity index (χ2v) is 4.32. The lowest BCUT2D eigenvalue weighted by atomic mass is 9.94. The molecule has 0 aromatic heterocycles. The Morgan fingerprint density at radius 3 is 2.42 bits per heavy atom. The largest absolute Gasteiger partial charge is 0.386 e. The Kier molecular flexibility index (Phi) is 4.14. The quantitative estimate of drug-likeness (QED) is 0.812. The van der Waals surface area contributed by atoms with Crippen LogP contribution in [0, 0.1) is 0 Å². The zero-order valence-corrected chi connectivity index (χ0v) is 10.8. The summed E-state index contributed by atoms with van der Waals surface area (Å²) in [6.45, 7) is 1.91. The minimum atomic E-state index is -1.13. The number of carbonyl (C=O) groups excluding carboxylic acids is 1. The fourth-order valence-electron chi connectivity index (χ4n) is 2.13. The lowest BCUT2D eigenvalue weighted by molar-refractivity contribution is 0.0572. The molecule has 2 aromatic carbocycles. The van der Waals surface area contributed by atoms with Crippen molar-refractivity contribution in [2.45, 2.75) is 13.3 Å². The van der Waals surface area contributed by atoms with Crippen molar-refractivity contribution in [1.82, 2.24) is 0 Å². The highest BCUT2D eigenvalue weighted by Gasteiger charge is 2.14. The van der Waals surface area contributed by atoms with E-state index >= 15 is 0 Å². The van der Waals surface area contributed by atoms with Gasteiger partial charge in [-0.1, -0.05) is 54.6 Å². The molecule has 0 aliphatic carbocycles. The zero-order chi connectivity index (χ0) is 13.7. The van der Waals surface area contributed by atoms with Crippen LogP contribution in [0.15, 0.2) is 54.6 Å². The van der Waals surface area contributed by atoms with E-state index < -0.39 is 5.97 Å². The summed E-state index contributed by atoms with van der Waals surface area (Å²) >= 11 is 0. The summed E-state index contributed by atoms with van der Waals surface area (Å²) < 4.78 is 0. The van der Waals surface area contributed by atoms with Gasteiger partial charge >= 0.3 is 5.97 Å². The van der Waals surface area contributed by atoms with E-state index in [9.17, 15) is 9.90 Å². The Morgan fingerprint density at radius 2 is 1.79 bits per heavy atom. The third kappa shape index (κ3) is 3.10. The lowest BCUT2D eigenvalue weighted by Gasteiger charge is -2.09. The number of allylic oxidation sites excluding steroid dienone is 1. The average molecular weight is 251 g/mol. The fraction of sp³-hybridized carbons (Fsp3) is 0.118. The molecule has 2 aromatic rings. The van der Waals surface area contributed by atoms with Crippen molar-refractivity contribution in [3.63, 3.8) is 0 Å². The number of rotatable bonds is 4. The van der Waals surface area contributed by atoms with E-state index in [0.29, 0.717) is 6.42 Å². The van der Waals surface area contributed by atoms with E-state index in [1.54, 1.807) is 12.1 Å². The van der Waals surface area contributed by atoms with Crippen LogP contribution < -0.4 is 0 Å². The van der Waals surface area contributed by atoms with Crippen molar-refractivity contribution in [2.24, 2.45) is 0 Å². The van der Waals surface area contributed by atoms with Crippen LogP contribution in [0.1, 0.15) is 34.0 Å². The van der Waals surface area contributed by atoms with Gasteiger partial charge in [-0.15, -0.1) is 0 Å². The fourth-order valence-corrected chi connectivity index (χ4v) is 2.13. The Balaban J connectivity index is 2.49. The number of hydrogen-bond donors (Lipinski definition) is 0. The summed E-state index contributed by atoms with van der Waals surface area (Å²) in [4.78, 5) is 11.2. The summed E-state index contributed by atoms with van der Waals surface area (Å²) in [5.41, 5.74) is 3.07. The van der Waals surface area contributed by atoms with E-state index in [1.165, 1.54) is 0 Å². The van der Waals surface area contributed by atoms with E-state index in [1.807, 2.05) is 55.5 Å². The maximum Gasteiger partial charge on any atom is 0.386 e. The minimum Gasteiger partial charge on any atom is -0.241 e. The van der Waals surface area contributed by atoms with Crippen LogP contribution in [0.25, 0.3) is 6.08 Å². The first-order valence-corrected chi connectivity index (χ1v) is 6.22. The lowest BCUT2D eigenvalue weighted by Crippen LogP contribution is -2.04. The molecule has 0 amide bonds. The van der Waals surface area contributed by atoms with Crippen molar-refractivity contribution in [1.29, 1.82) is 0 Å². The van der Waals surface area contributed by atoms with Gasteiger partial charge in [0.2, 0.25) is 0 Å². The van der Waals surface area contributed by atoms with Crippen LogP contribution in [0.4, 0.5) is 0 Å². The van der Waals surface area contributed by atoms with E-state index in [-0.39, 0.29) is 5.56 Å². The van der Waals surface area contributed by atoms with Crippen LogP contribution in [-0.4, -0.2) is 5.97 Å². The van der Waals surface area contributed by atoms with Gasteiger partial charge < -0.3 is 0 Å². The molecule has 0 saturated carbocycles. The molecular weight excluding hydrogens is 236 g/mol. The monoisotopic (exact) mass is 251 g/mol. The van der Waals surface area contributed by atoms with Crippen molar-refractivity contribution >= 4 is 12.0 Å². The molecule has 2 rings (SSSR count). The molecule has 0 aliphatic heterocycles. The topological polar surface area (TPSA) is 37.0 Å². The number of hydrogen-bond acceptors (Lipinski definition) is 1. The van der Waals surface area contributed by atoms with Crippen molar-refractivity contribution in [2.75, 3.05) is 0 Å². The van der Waals surface area contributed by atoms with Gasteiger partial charge in [0, 0.05) is 0 Å². The van der Waals surface area contributed by atoms with Crippen molar-refractivity contribution < 1.29 is 9.90 Å². The third-order valence-corrected chi connectivity index (χ3v) is 3.00. The second kappa shape index (κ2) is 6.01. The molecule has 1 radical (unpaired) electrons. The molecule has 0 saturated heterocycles. The van der Waals surface area contributed by atoms with Gasteiger partial charge in [-0.3, -0.25) is 0 Å². The first-order chi connectivity index (χ1) is 9.22. The predicted octanol–water partition coefficient (Wildman–Crippen LogP) is 3.88. The van der Waals surface area contributed by atoms with Crippen LogP contribution in [-0.2, 0) is 11.5 Å². The Bertz CT molecular complexity index is 598. The first-order valence-electron chi connectivity index (χ1n) is 6.22. The number of carbonyl (C=O) groups is 1. The summed E-state index contributed by atoms with van der Waals surface area (Å²) in [5, 5.41) is 11.2. The third-order valence-electron chi connectivity index (χ3n) is 3.00. The van der Waals surface area contributed by atoms with Gasteiger partial charge in [-0.2, -0.15) is 0 Å². The molecule has 19 heavy (non-hydrogen) atoms. The maximum atomic E-state index is 11.2. The molecule has 95 valence electrons. The standard InChI is InChI=1S/C17H15O2/c1-2-7-14-10-6-11-15(17(18)19)16(14)12-13-8-4-3-5-9-13/h2-11H,12H2,1H3/b7-2+. The van der Waals surface area contributed by atoms with Gasteiger partial charge in [-0.25, -0.2) is 9.90 Å². The van der Waals surface area contributed by atoms with Gasteiger partial charge in [-0.05, 0) is 36.1 Å². The normalized spacial score (nSPS) is 10.8. The van der Waals surface area contributed by atoms with Crippen LogP contribution in [0.3, 0.4) is 0 Å². The molecule has 0 aliphatic rings. The summed E-state index contributed by atoms with van der Waals surface area (Å²) in [7, 11) is 0. The van der Waals surface area contributed by atoms with Crippen LogP contribution >= 0.6 is 0 Å². The maximum absolute atomic E-state index is 11.2. The van der Waals surface area contributed by atoms with E-state index in [4.69, 9.17) is 0 Å². The molecule has 2 heteroatoms. The van der Waals surface area contributed by atoms with Gasteiger partial charge in [0.15, 0.2) is 0 Å². The SMILES string of the molecule is C/C=C/c1cccc(C([O])=O)c1Cc1ccccc1. The summed E-state index contributed by atoms with van der Waals surface area (Å²) in [6.07, 6.45) is 4.41. The summed E-state index contributed by atoms with van der Waals surface area (Å²) in [6, 6.07) is 15.1. The highest BCUT2D eigenvalue weighted by Crippen LogP contribution is 2.21. The van der Waals surface area contributed by atoms with E-state index in [2.05, 4.69) is 0 Å². The van der Waals surface area contributed by atoms with E-state index in [0.717, 1.165) is 16.7 Å². The zero-order valence-electron chi connectivity index (χ0n) is 10.8. The average Bonchev–Trinajstić information content (AvgIpc) is 2.42. The summed E-state index contributed by atoms with van der Waals surface area (Å²) in [5.74, 6) is -1.13. The van der Waals surface area contributed by atoms with Crippen molar-refractivity contribution in [3.05, 3.63) is 76.9 Å². The predicted molar refractivity (Wildman–Crippen MR) is 75.4 cm³/mol. The van der Waals surface area contributed by atoms with Gasteiger partial charge in [0.05, 0.1) is 5.56 Å². The molecule has 0 heterocycles. The smallest absolute Gasteiger partial charge is 0.241 e. The highest BCUT2D eigenvalue weighted by atomic mass is 16.4. The molecular formula is C17H15O2.